The zero-order chi connectivity index (χ0) is 17.4. The van der Waals surface area contributed by atoms with E-state index < -0.39 is 0 Å². The highest BCUT2D eigenvalue weighted by Gasteiger charge is 2.28. The molecule has 25 heavy (non-hydrogen) atoms. The molecule has 1 saturated heterocycles. The molecular weight excluding hydrogens is 342 g/mol. The van der Waals surface area contributed by atoms with Gasteiger partial charge in [-0.15, -0.1) is 11.3 Å². The van der Waals surface area contributed by atoms with Gasteiger partial charge in [0.2, 0.25) is 6.79 Å². The quantitative estimate of drug-likeness (QED) is 0.906. The summed E-state index contributed by atoms with van der Waals surface area (Å²) in [6.45, 7) is 5.37. The van der Waals surface area contributed by atoms with Crippen molar-refractivity contribution in [3.63, 3.8) is 0 Å². The number of carbonyl (C=O) groups is 1. The van der Waals surface area contributed by atoms with Crippen molar-refractivity contribution in [2.24, 2.45) is 0 Å². The molecule has 2 aromatic rings. The van der Waals surface area contributed by atoms with Crippen molar-refractivity contribution in [2.45, 2.75) is 26.1 Å². The van der Waals surface area contributed by atoms with Crippen LogP contribution in [0.3, 0.4) is 0 Å². The van der Waals surface area contributed by atoms with E-state index in [-0.39, 0.29) is 24.9 Å². The molecule has 1 amide bonds. The molecule has 2 aliphatic heterocycles. The number of benzene rings is 1. The van der Waals surface area contributed by atoms with Crippen molar-refractivity contribution in [3.8, 4) is 11.5 Å². The summed E-state index contributed by atoms with van der Waals surface area (Å²) in [7, 11) is 0. The topological polar surface area (TPSA) is 72.9 Å². The number of anilines is 2. The number of hydrogen-bond donors (Lipinski definition) is 1. The molecule has 4 rings (SSSR count). The molecule has 132 valence electrons. The fourth-order valence-electron chi connectivity index (χ4n) is 3.03. The lowest BCUT2D eigenvalue weighted by atomic mass is 10.2. The number of rotatable bonds is 3. The van der Waals surface area contributed by atoms with E-state index >= 15 is 0 Å². The van der Waals surface area contributed by atoms with Crippen LogP contribution >= 0.6 is 11.3 Å². The first-order chi connectivity index (χ1) is 12.1. The molecule has 1 aromatic heterocycles. The highest BCUT2D eigenvalue weighted by Crippen LogP contribution is 2.35. The average molecular weight is 361 g/mol. The largest absolute Gasteiger partial charge is 0.454 e. The lowest BCUT2D eigenvalue weighted by Crippen LogP contribution is -2.48. The second-order valence-corrected chi connectivity index (χ2v) is 7.06. The summed E-state index contributed by atoms with van der Waals surface area (Å²) in [6.07, 6.45) is 0.0788. The first-order valence-corrected chi connectivity index (χ1v) is 9.03. The molecule has 0 aliphatic carbocycles. The second kappa shape index (κ2) is 6.53. The number of thiazole rings is 1. The van der Waals surface area contributed by atoms with Gasteiger partial charge in [0.05, 0.1) is 12.2 Å². The Morgan fingerprint density at radius 3 is 2.80 bits per heavy atom. The summed E-state index contributed by atoms with van der Waals surface area (Å²) < 4.78 is 16.3. The average Bonchev–Trinajstić information content (AvgIpc) is 3.22. The summed E-state index contributed by atoms with van der Waals surface area (Å²) in [4.78, 5) is 18.9. The zero-order valence-electron chi connectivity index (χ0n) is 14.0. The Balaban J connectivity index is 1.45. The number of amides is 1. The molecule has 0 radical (unpaired) electrons. The van der Waals surface area contributed by atoms with Crippen LogP contribution in [0, 0.1) is 0 Å². The molecule has 0 bridgehead atoms. The molecule has 1 aromatic carbocycles. The molecule has 8 heteroatoms. The van der Waals surface area contributed by atoms with Gasteiger partial charge in [0, 0.05) is 30.2 Å². The van der Waals surface area contributed by atoms with Crippen LogP contribution in [0.5, 0.6) is 11.5 Å². The van der Waals surface area contributed by atoms with Gasteiger partial charge < -0.3 is 24.4 Å². The van der Waals surface area contributed by atoms with Crippen molar-refractivity contribution in [3.05, 3.63) is 29.3 Å². The number of fused-ring (bicyclic) bond motifs is 1. The Morgan fingerprint density at radius 1 is 1.24 bits per heavy atom. The molecule has 7 nitrogen and oxygen atoms in total. The standard InChI is InChI=1S/C17H19N3O4S/c1-10-6-20(7-11(2)24-10)16(21)13-8-25-17(19-13)18-12-3-4-14-15(5-12)23-9-22-14/h3-5,8,10-11H,6-7,9H2,1-2H3,(H,18,19). The van der Waals surface area contributed by atoms with Crippen molar-refractivity contribution >= 4 is 28.1 Å². The number of ether oxygens (including phenoxy) is 3. The fourth-order valence-corrected chi connectivity index (χ4v) is 3.74. The van der Waals surface area contributed by atoms with Crippen molar-refractivity contribution in [1.29, 1.82) is 0 Å². The molecule has 0 spiro atoms. The van der Waals surface area contributed by atoms with Crippen molar-refractivity contribution < 1.29 is 19.0 Å². The maximum Gasteiger partial charge on any atom is 0.273 e. The van der Waals surface area contributed by atoms with Gasteiger partial charge >= 0.3 is 0 Å². The van der Waals surface area contributed by atoms with Gasteiger partial charge in [-0.3, -0.25) is 4.79 Å². The molecule has 0 saturated carbocycles. The third-order valence-electron chi connectivity index (χ3n) is 4.05. The van der Waals surface area contributed by atoms with Gasteiger partial charge in [-0.2, -0.15) is 0 Å². The molecule has 1 fully saturated rings. The Morgan fingerprint density at radius 2 is 2.00 bits per heavy atom. The summed E-state index contributed by atoms with van der Waals surface area (Å²) in [5.74, 6) is 1.38. The number of carbonyl (C=O) groups excluding carboxylic acids is 1. The van der Waals surface area contributed by atoms with Gasteiger partial charge in [-0.05, 0) is 26.0 Å². The zero-order valence-corrected chi connectivity index (χ0v) is 14.8. The minimum atomic E-state index is -0.0583. The molecule has 3 heterocycles. The minimum Gasteiger partial charge on any atom is -0.454 e. The van der Waals surface area contributed by atoms with Gasteiger partial charge in [-0.25, -0.2) is 4.98 Å². The van der Waals surface area contributed by atoms with Crippen LogP contribution < -0.4 is 14.8 Å². The van der Waals surface area contributed by atoms with Crippen LogP contribution in [0.25, 0.3) is 0 Å². The fraction of sp³-hybridized carbons (Fsp3) is 0.412. The molecule has 2 atom stereocenters. The van der Waals surface area contributed by atoms with Crippen LogP contribution in [0.4, 0.5) is 10.8 Å². The van der Waals surface area contributed by atoms with E-state index in [9.17, 15) is 4.79 Å². The smallest absolute Gasteiger partial charge is 0.273 e. The highest BCUT2D eigenvalue weighted by molar-refractivity contribution is 7.14. The maximum atomic E-state index is 12.7. The predicted molar refractivity (Wildman–Crippen MR) is 93.9 cm³/mol. The Hall–Kier alpha value is -2.32. The predicted octanol–water partition coefficient (Wildman–Crippen LogP) is 2.86. The van der Waals surface area contributed by atoms with E-state index in [0.717, 1.165) is 11.4 Å². The Kier molecular flexibility index (Phi) is 4.22. The van der Waals surface area contributed by atoms with Gasteiger partial charge in [0.15, 0.2) is 16.6 Å². The summed E-state index contributed by atoms with van der Waals surface area (Å²) in [5, 5.41) is 5.65. The number of nitrogens with one attached hydrogen (secondary N) is 1. The first kappa shape index (κ1) is 16.2. The number of aromatic nitrogens is 1. The summed E-state index contributed by atoms with van der Waals surface area (Å²) in [6, 6.07) is 5.60. The van der Waals surface area contributed by atoms with Gasteiger partial charge in [-0.1, -0.05) is 0 Å². The normalized spacial score (nSPS) is 22.1. The maximum absolute atomic E-state index is 12.7. The van der Waals surface area contributed by atoms with E-state index in [1.807, 2.05) is 32.0 Å². The molecule has 1 N–H and O–H groups in total. The molecule has 2 unspecified atom stereocenters. The first-order valence-electron chi connectivity index (χ1n) is 8.15. The molecular formula is C17H19N3O4S. The van der Waals surface area contributed by atoms with E-state index in [1.165, 1.54) is 11.3 Å². The monoisotopic (exact) mass is 361 g/mol. The third-order valence-corrected chi connectivity index (χ3v) is 4.81. The van der Waals surface area contributed by atoms with Crippen LogP contribution in [0.2, 0.25) is 0 Å². The van der Waals surface area contributed by atoms with E-state index in [0.29, 0.717) is 29.7 Å². The van der Waals surface area contributed by atoms with Gasteiger partial charge in [0.25, 0.3) is 5.91 Å². The van der Waals surface area contributed by atoms with Crippen molar-refractivity contribution in [1.82, 2.24) is 9.88 Å². The van der Waals surface area contributed by atoms with Crippen LogP contribution in [0.15, 0.2) is 23.6 Å². The number of morpholine rings is 1. The Bertz CT molecular complexity index is 784. The van der Waals surface area contributed by atoms with Crippen LogP contribution in [-0.2, 0) is 4.74 Å². The highest BCUT2D eigenvalue weighted by atomic mass is 32.1. The minimum absolute atomic E-state index is 0.0394. The van der Waals surface area contributed by atoms with E-state index in [1.54, 1.807) is 10.3 Å². The summed E-state index contributed by atoms with van der Waals surface area (Å²) >= 11 is 1.40. The van der Waals surface area contributed by atoms with Gasteiger partial charge in [0.1, 0.15) is 5.69 Å². The van der Waals surface area contributed by atoms with E-state index in [4.69, 9.17) is 14.2 Å². The third kappa shape index (κ3) is 3.40. The number of hydrogen-bond acceptors (Lipinski definition) is 7. The molecule has 2 aliphatic rings. The Labute approximate surface area is 149 Å². The SMILES string of the molecule is CC1CN(C(=O)c2csc(Nc3ccc4c(c3)OCO4)n2)CC(C)O1. The summed E-state index contributed by atoms with van der Waals surface area (Å²) in [5.41, 5.74) is 1.29. The van der Waals surface area contributed by atoms with Crippen molar-refractivity contribution in [2.75, 3.05) is 25.2 Å². The number of nitrogens with zero attached hydrogens (tertiary/aromatic N) is 2. The second-order valence-electron chi connectivity index (χ2n) is 6.20. The lowest BCUT2D eigenvalue weighted by molar-refractivity contribution is -0.0587. The van der Waals surface area contributed by atoms with Crippen LogP contribution in [0.1, 0.15) is 24.3 Å². The van der Waals surface area contributed by atoms with Crippen LogP contribution in [-0.4, -0.2) is 47.9 Å². The van der Waals surface area contributed by atoms with E-state index in [2.05, 4.69) is 10.3 Å². The lowest BCUT2D eigenvalue weighted by Gasteiger charge is -2.34.